The van der Waals surface area contributed by atoms with Crippen LogP contribution in [0.2, 0.25) is 0 Å². The monoisotopic (exact) mass is 370 g/mol. The third-order valence-electron chi connectivity index (χ3n) is 4.37. The van der Waals surface area contributed by atoms with Crippen molar-refractivity contribution in [3.63, 3.8) is 0 Å². The molecule has 0 saturated heterocycles. The molecule has 0 aromatic heterocycles. The number of carbonyl (C=O) groups is 3. The van der Waals surface area contributed by atoms with Gasteiger partial charge in [-0.1, -0.05) is 48.9 Å². The molecule has 0 aliphatic heterocycles. The van der Waals surface area contributed by atoms with Gasteiger partial charge < -0.3 is 15.7 Å². The molecule has 144 valence electrons. The van der Waals surface area contributed by atoms with Gasteiger partial charge in [-0.3, -0.25) is 14.4 Å². The van der Waals surface area contributed by atoms with Crippen LogP contribution in [-0.4, -0.2) is 29.4 Å². The molecular formula is C21H26N2O4. The normalized spacial score (nSPS) is 11.7. The summed E-state index contributed by atoms with van der Waals surface area (Å²) in [5.41, 5.74) is 0.814. The maximum atomic E-state index is 12.3. The van der Waals surface area contributed by atoms with Crippen molar-refractivity contribution in [1.29, 1.82) is 0 Å². The van der Waals surface area contributed by atoms with Crippen LogP contribution >= 0.6 is 0 Å². The molecule has 1 atom stereocenters. The largest absolute Gasteiger partial charge is 0.481 e. The number of aliphatic carboxylic acids is 1. The van der Waals surface area contributed by atoms with Crippen LogP contribution in [0, 0.1) is 0 Å². The van der Waals surface area contributed by atoms with E-state index >= 15 is 0 Å². The fourth-order valence-electron chi connectivity index (χ4n) is 3.09. The number of amides is 2. The number of carbonyl (C=O) groups excluding carboxylic acids is 2. The first kappa shape index (κ1) is 20.4. The lowest BCUT2D eigenvalue weighted by Gasteiger charge is -2.19. The second kappa shape index (κ2) is 10.3. The van der Waals surface area contributed by atoms with Crippen LogP contribution in [-0.2, 0) is 14.4 Å². The van der Waals surface area contributed by atoms with Crippen LogP contribution in [0.3, 0.4) is 0 Å². The molecule has 0 saturated carbocycles. The fraction of sp³-hybridized carbons (Fsp3) is 0.381. The summed E-state index contributed by atoms with van der Waals surface area (Å²) in [6.07, 6.45) is 2.50. The van der Waals surface area contributed by atoms with Gasteiger partial charge in [0.2, 0.25) is 11.8 Å². The number of hydrogen-bond acceptors (Lipinski definition) is 3. The maximum absolute atomic E-state index is 12.3. The van der Waals surface area contributed by atoms with Crippen molar-refractivity contribution in [2.75, 3.05) is 6.54 Å². The number of unbranched alkanes of at least 4 members (excludes halogenated alkanes) is 2. The van der Waals surface area contributed by atoms with E-state index in [-0.39, 0.29) is 18.2 Å². The first-order chi connectivity index (χ1) is 13.0. The third kappa shape index (κ3) is 6.73. The summed E-state index contributed by atoms with van der Waals surface area (Å²) in [4.78, 5) is 34.4. The highest BCUT2D eigenvalue weighted by molar-refractivity contribution is 5.87. The quantitative estimate of drug-likeness (QED) is 0.560. The zero-order valence-electron chi connectivity index (χ0n) is 15.5. The van der Waals surface area contributed by atoms with E-state index in [2.05, 4.69) is 10.6 Å². The summed E-state index contributed by atoms with van der Waals surface area (Å²) in [5, 5.41) is 16.8. The van der Waals surface area contributed by atoms with Gasteiger partial charge in [-0.25, -0.2) is 0 Å². The minimum absolute atomic E-state index is 0.0562. The van der Waals surface area contributed by atoms with Gasteiger partial charge in [-0.05, 0) is 29.2 Å². The minimum Gasteiger partial charge on any atom is -0.481 e. The zero-order valence-corrected chi connectivity index (χ0v) is 15.5. The van der Waals surface area contributed by atoms with Gasteiger partial charge in [0.15, 0.2) is 0 Å². The highest BCUT2D eigenvalue weighted by Crippen LogP contribution is 2.26. The van der Waals surface area contributed by atoms with E-state index in [1.807, 2.05) is 42.5 Å². The molecule has 2 rings (SSSR count). The third-order valence-corrected chi connectivity index (χ3v) is 4.37. The molecule has 6 heteroatoms. The summed E-state index contributed by atoms with van der Waals surface area (Å²) in [5.74, 6) is -1.17. The average Bonchev–Trinajstić information content (AvgIpc) is 2.63. The van der Waals surface area contributed by atoms with Crippen molar-refractivity contribution in [1.82, 2.24) is 10.6 Å². The molecule has 0 bridgehead atoms. The van der Waals surface area contributed by atoms with Gasteiger partial charge >= 0.3 is 5.97 Å². The molecular weight excluding hydrogens is 344 g/mol. The molecule has 2 amide bonds. The maximum Gasteiger partial charge on any atom is 0.305 e. The Morgan fingerprint density at radius 2 is 1.74 bits per heavy atom. The molecule has 0 aliphatic carbocycles. The molecule has 0 radical (unpaired) electrons. The summed E-state index contributed by atoms with van der Waals surface area (Å²) in [6, 6.07) is 12.9. The van der Waals surface area contributed by atoms with Crippen molar-refractivity contribution in [3.8, 4) is 0 Å². The number of rotatable bonds is 10. The van der Waals surface area contributed by atoms with Crippen molar-refractivity contribution in [3.05, 3.63) is 48.0 Å². The van der Waals surface area contributed by atoms with Crippen LogP contribution in [0.4, 0.5) is 0 Å². The van der Waals surface area contributed by atoms with Gasteiger partial charge in [0.1, 0.15) is 0 Å². The van der Waals surface area contributed by atoms with E-state index < -0.39 is 12.0 Å². The smallest absolute Gasteiger partial charge is 0.305 e. The Morgan fingerprint density at radius 3 is 2.48 bits per heavy atom. The first-order valence-corrected chi connectivity index (χ1v) is 9.20. The second-order valence-corrected chi connectivity index (χ2v) is 6.58. The first-order valence-electron chi connectivity index (χ1n) is 9.20. The van der Waals surface area contributed by atoms with E-state index in [9.17, 15) is 19.5 Å². The molecule has 0 aliphatic rings. The van der Waals surface area contributed by atoms with Crippen molar-refractivity contribution in [2.45, 2.75) is 45.1 Å². The van der Waals surface area contributed by atoms with Crippen LogP contribution in [0.15, 0.2) is 42.5 Å². The SMILES string of the molecule is CC(=O)NCCCCCC(=O)N[C@H](CC(=O)O)c1cccc2ccccc12. The van der Waals surface area contributed by atoms with E-state index in [4.69, 9.17) is 0 Å². The van der Waals surface area contributed by atoms with Crippen molar-refractivity contribution < 1.29 is 19.5 Å². The van der Waals surface area contributed by atoms with Gasteiger partial charge in [-0.15, -0.1) is 0 Å². The van der Waals surface area contributed by atoms with Crippen molar-refractivity contribution in [2.24, 2.45) is 0 Å². The molecule has 0 heterocycles. The summed E-state index contributed by atoms with van der Waals surface area (Å²) >= 11 is 0. The summed E-state index contributed by atoms with van der Waals surface area (Å²) in [7, 11) is 0. The lowest BCUT2D eigenvalue weighted by Crippen LogP contribution is -2.30. The Labute approximate surface area is 159 Å². The van der Waals surface area contributed by atoms with Crippen LogP contribution in [0.25, 0.3) is 10.8 Å². The van der Waals surface area contributed by atoms with Gasteiger partial charge in [0.05, 0.1) is 12.5 Å². The van der Waals surface area contributed by atoms with E-state index in [0.717, 1.165) is 29.2 Å². The molecule has 6 nitrogen and oxygen atoms in total. The Bertz CT molecular complexity index is 798. The van der Waals surface area contributed by atoms with Crippen LogP contribution in [0.5, 0.6) is 0 Å². The van der Waals surface area contributed by atoms with Crippen molar-refractivity contribution >= 4 is 28.6 Å². The van der Waals surface area contributed by atoms with Gasteiger partial charge in [0, 0.05) is 19.9 Å². The Hall–Kier alpha value is -2.89. The number of carboxylic acid groups (broad SMARTS) is 1. The molecule has 0 unspecified atom stereocenters. The fourth-order valence-corrected chi connectivity index (χ4v) is 3.09. The minimum atomic E-state index is -0.955. The van der Waals surface area contributed by atoms with E-state index in [1.165, 1.54) is 6.92 Å². The number of nitrogens with one attached hydrogen (secondary N) is 2. The number of carboxylic acids is 1. The molecule has 3 N–H and O–H groups in total. The summed E-state index contributed by atoms with van der Waals surface area (Å²) < 4.78 is 0. The van der Waals surface area contributed by atoms with E-state index in [1.54, 1.807) is 0 Å². The predicted octanol–water partition coefficient (Wildman–Crippen LogP) is 3.17. The molecule has 2 aromatic rings. The number of benzene rings is 2. The number of fused-ring (bicyclic) bond motifs is 1. The zero-order chi connectivity index (χ0) is 19.6. The molecule has 0 spiro atoms. The predicted molar refractivity (Wildman–Crippen MR) is 104 cm³/mol. The van der Waals surface area contributed by atoms with Gasteiger partial charge in [-0.2, -0.15) is 0 Å². The Balaban J connectivity index is 1.97. The standard InChI is InChI=1S/C21H26N2O4/c1-15(24)22-13-6-2-3-12-20(25)23-19(14-21(26)27)18-11-7-9-16-8-4-5-10-17(16)18/h4-5,7-11,19H,2-3,6,12-14H2,1H3,(H,22,24)(H,23,25)(H,26,27)/t19-/m1/s1. The van der Waals surface area contributed by atoms with Crippen LogP contribution in [0.1, 0.15) is 50.6 Å². The lowest BCUT2D eigenvalue weighted by atomic mass is 9.96. The lowest BCUT2D eigenvalue weighted by molar-refractivity contribution is -0.137. The topological polar surface area (TPSA) is 95.5 Å². The molecule has 0 fully saturated rings. The Kier molecular flexibility index (Phi) is 7.79. The average molecular weight is 370 g/mol. The molecule has 2 aromatic carbocycles. The van der Waals surface area contributed by atoms with E-state index in [0.29, 0.717) is 19.4 Å². The highest BCUT2D eigenvalue weighted by Gasteiger charge is 2.19. The number of hydrogen-bond donors (Lipinski definition) is 3. The highest BCUT2D eigenvalue weighted by atomic mass is 16.4. The van der Waals surface area contributed by atoms with Crippen LogP contribution < -0.4 is 10.6 Å². The summed E-state index contributed by atoms with van der Waals surface area (Å²) in [6.45, 7) is 2.08. The van der Waals surface area contributed by atoms with Gasteiger partial charge in [0.25, 0.3) is 0 Å². The molecule has 27 heavy (non-hydrogen) atoms. The second-order valence-electron chi connectivity index (χ2n) is 6.58. The Morgan fingerprint density at radius 1 is 1.00 bits per heavy atom.